The largest absolute Gasteiger partial charge is 0.379 e. The number of carbonyl (C=O) groups excluding carboxylic acids is 1. The molecule has 0 atom stereocenters. The van der Waals surface area contributed by atoms with Crippen LogP contribution in [0.5, 0.6) is 0 Å². The maximum atomic E-state index is 12.9. The van der Waals surface area contributed by atoms with Gasteiger partial charge in [-0.2, -0.15) is 4.31 Å². The van der Waals surface area contributed by atoms with Crippen molar-refractivity contribution >= 4 is 39.1 Å². The summed E-state index contributed by atoms with van der Waals surface area (Å²) >= 11 is 12.3. The van der Waals surface area contributed by atoms with Crippen molar-refractivity contribution in [2.24, 2.45) is 0 Å². The first-order valence-corrected chi connectivity index (χ1v) is 10.3. The molecule has 0 radical (unpaired) electrons. The Morgan fingerprint density at radius 3 is 2.48 bits per heavy atom. The van der Waals surface area contributed by atoms with Crippen LogP contribution in [0.2, 0.25) is 10.0 Å². The van der Waals surface area contributed by atoms with Crippen LogP contribution >= 0.6 is 23.2 Å². The van der Waals surface area contributed by atoms with Crippen LogP contribution in [0.4, 0.5) is 0 Å². The third kappa shape index (κ3) is 4.65. The van der Waals surface area contributed by atoms with E-state index in [0.717, 1.165) is 12.8 Å². The van der Waals surface area contributed by atoms with Crippen molar-refractivity contribution in [1.29, 1.82) is 0 Å². The molecule has 9 heteroatoms. The van der Waals surface area contributed by atoms with E-state index in [4.69, 9.17) is 27.9 Å². The number of unbranched alkanes of at least 4 members (excludes halogenated alkanes) is 1. The molecule has 0 N–H and O–H groups in total. The topological polar surface area (TPSA) is 66.9 Å². The maximum absolute atomic E-state index is 12.9. The van der Waals surface area contributed by atoms with Crippen molar-refractivity contribution < 1.29 is 17.9 Å². The Labute approximate surface area is 158 Å². The molecule has 0 saturated carbocycles. The Morgan fingerprint density at radius 1 is 1.24 bits per heavy atom. The van der Waals surface area contributed by atoms with Gasteiger partial charge in [-0.05, 0) is 18.6 Å². The predicted molar refractivity (Wildman–Crippen MR) is 97.9 cm³/mol. The summed E-state index contributed by atoms with van der Waals surface area (Å²) < 4.78 is 32.2. The Balaban J connectivity index is 2.38. The summed E-state index contributed by atoms with van der Waals surface area (Å²) in [7, 11) is -2.15. The van der Waals surface area contributed by atoms with Crippen LogP contribution in [0.15, 0.2) is 17.0 Å². The second-order valence-electron chi connectivity index (χ2n) is 5.86. The normalized spacial score (nSPS) is 16.0. The van der Waals surface area contributed by atoms with Gasteiger partial charge < -0.3 is 9.64 Å². The molecule has 1 aliphatic rings. The highest BCUT2D eigenvalue weighted by Crippen LogP contribution is 2.31. The molecule has 0 unspecified atom stereocenters. The average molecular weight is 409 g/mol. The Kier molecular flexibility index (Phi) is 7.10. The fourth-order valence-electron chi connectivity index (χ4n) is 2.52. The second-order valence-corrected chi connectivity index (χ2v) is 8.58. The van der Waals surface area contributed by atoms with Gasteiger partial charge >= 0.3 is 0 Å². The van der Waals surface area contributed by atoms with Crippen molar-refractivity contribution in [2.75, 3.05) is 39.9 Å². The fraction of sp³-hybridized carbons (Fsp3) is 0.562. The molecule has 1 aliphatic heterocycles. The first-order valence-electron chi connectivity index (χ1n) is 8.11. The lowest BCUT2D eigenvalue weighted by Crippen LogP contribution is -2.40. The van der Waals surface area contributed by atoms with Crippen LogP contribution in [-0.4, -0.2) is 63.4 Å². The van der Waals surface area contributed by atoms with Gasteiger partial charge in [-0.3, -0.25) is 4.79 Å². The van der Waals surface area contributed by atoms with Crippen molar-refractivity contribution in [1.82, 2.24) is 9.21 Å². The second kappa shape index (κ2) is 8.68. The van der Waals surface area contributed by atoms with Crippen molar-refractivity contribution in [3.63, 3.8) is 0 Å². The molecule has 0 aromatic heterocycles. The number of morpholine rings is 1. The predicted octanol–water partition coefficient (Wildman–Crippen LogP) is 2.89. The molecule has 25 heavy (non-hydrogen) atoms. The molecule has 1 amide bonds. The quantitative estimate of drug-likeness (QED) is 0.725. The van der Waals surface area contributed by atoms with E-state index in [1.807, 2.05) is 6.92 Å². The number of ether oxygens (including phenoxy) is 1. The van der Waals surface area contributed by atoms with E-state index in [0.29, 0.717) is 19.8 Å². The number of rotatable bonds is 6. The number of carbonyl (C=O) groups is 1. The lowest BCUT2D eigenvalue weighted by Gasteiger charge is -2.27. The minimum Gasteiger partial charge on any atom is -0.379 e. The summed E-state index contributed by atoms with van der Waals surface area (Å²) in [5.41, 5.74) is 0.136. The summed E-state index contributed by atoms with van der Waals surface area (Å²) in [4.78, 5) is 14.0. The SMILES string of the molecule is CCCCN(C)C(=O)c1cc(S(=O)(=O)N2CCOCC2)c(Cl)cc1Cl. The monoisotopic (exact) mass is 408 g/mol. The number of hydrogen-bond donors (Lipinski definition) is 0. The highest BCUT2D eigenvalue weighted by atomic mass is 35.5. The minimum atomic E-state index is -3.82. The molecule has 140 valence electrons. The molecule has 1 heterocycles. The van der Waals surface area contributed by atoms with Crippen molar-refractivity contribution in [3.8, 4) is 0 Å². The number of hydrogen-bond acceptors (Lipinski definition) is 4. The molecule has 1 aromatic rings. The number of benzene rings is 1. The van der Waals surface area contributed by atoms with E-state index in [1.54, 1.807) is 7.05 Å². The van der Waals surface area contributed by atoms with Gasteiger partial charge in [0.2, 0.25) is 10.0 Å². The van der Waals surface area contributed by atoms with Gasteiger partial charge in [0.1, 0.15) is 4.90 Å². The lowest BCUT2D eigenvalue weighted by atomic mass is 10.2. The molecule has 0 aliphatic carbocycles. The van der Waals surface area contributed by atoms with Crippen molar-refractivity contribution in [2.45, 2.75) is 24.7 Å². The summed E-state index contributed by atoms with van der Waals surface area (Å²) in [5.74, 6) is -0.325. The van der Waals surface area contributed by atoms with Crippen LogP contribution in [-0.2, 0) is 14.8 Å². The van der Waals surface area contributed by atoms with E-state index >= 15 is 0 Å². The summed E-state index contributed by atoms with van der Waals surface area (Å²) in [6.07, 6.45) is 1.80. The van der Waals surface area contributed by atoms with E-state index in [-0.39, 0.29) is 39.5 Å². The van der Waals surface area contributed by atoms with Gasteiger partial charge in [-0.15, -0.1) is 0 Å². The zero-order valence-corrected chi connectivity index (χ0v) is 16.6. The van der Waals surface area contributed by atoms with E-state index in [9.17, 15) is 13.2 Å². The molecule has 1 saturated heterocycles. The fourth-order valence-corrected chi connectivity index (χ4v) is 4.76. The van der Waals surface area contributed by atoms with Gasteiger partial charge in [0.05, 0.1) is 28.8 Å². The van der Waals surface area contributed by atoms with E-state index < -0.39 is 10.0 Å². The highest BCUT2D eigenvalue weighted by molar-refractivity contribution is 7.89. The summed E-state index contributed by atoms with van der Waals surface area (Å²) in [6.45, 7) is 3.76. The first kappa shape index (κ1) is 20.5. The van der Waals surface area contributed by atoms with Crippen LogP contribution in [0, 0.1) is 0 Å². The van der Waals surface area contributed by atoms with Gasteiger partial charge in [-0.1, -0.05) is 36.5 Å². The van der Waals surface area contributed by atoms with Gasteiger partial charge in [0.25, 0.3) is 5.91 Å². The molecular formula is C16H22Cl2N2O4S. The third-order valence-electron chi connectivity index (χ3n) is 4.03. The summed E-state index contributed by atoms with van der Waals surface area (Å²) in [5, 5.41) is 0.142. The number of nitrogens with zero attached hydrogens (tertiary/aromatic N) is 2. The Morgan fingerprint density at radius 2 is 1.88 bits per heavy atom. The highest BCUT2D eigenvalue weighted by Gasteiger charge is 2.30. The average Bonchev–Trinajstić information content (AvgIpc) is 2.59. The number of halogens is 2. The van der Waals surface area contributed by atoms with Crippen LogP contribution in [0.3, 0.4) is 0 Å². The number of sulfonamides is 1. The molecule has 6 nitrogen and oxygen atoms in total. The van der Waals surface area contributed by atoms with Crippen molar-refractivity contribution in [3.05, 3.63) is 27.7 Å². The van der Waals surface area contributed by atoms with Gasteiger partial charge in [-0.25, -0.2) is 8.42 Å². The first-order chi connectivity index (χ1) is 11.8. The number of amides is 1. The zero-order valence-electron chi connectivity index (χ0n) is 14.3. The lowest BCUT2D eigenvalue weighted by molar-refractivity contribution is 0.0730. The van der Waals surface area contributed by atoms with Crippen LogP contribution < -0.4 is 0 Å². The smallest absolute Gasteiger partial charge is 0.255 e. The van der Waals surface area contributed by atoms with Crippen LogP contribution in [0.25, 0.3) is 0 Å². The minimum absolute atomic E-state index is 0.00394. The summed E-state index contributed by atoms with van der Waals surface area (Å²) in [6, 6.07) is 2.59. The van der Waals surface area contributed by atoms with Gasteiger partial charge in [0.15, 0.2) is 0 Å². The molecule has 0 bridgehead atoms. The molecule has 0 spiro atoms. The standard InChI is InChI=1S/C16H22Cl2N2O4S/c1-3-4-5-19(2)16(21)12-10-15(14(18)11-13(12)17)25(22,23)20-6-8-24-9-7-20/h10-11H,3-9H2,1-2H3. The molecule has 1 aromatic carbocycles. The maximum Gasteiger partial charge on any atom is 0.255 e. The van der Waals surface area contributed by atoms with Gasteiger partial charge in [0, 0.05) is 26.7 Å². The molecule has 2 rings (SSSR count). The third-order valence-corrected chi connectivity index (χ3v) is 6.71. The zero-order chi connectivity index (χ0) is 18.6. The molecular weight excluding hydrogens is 387 g/mol. The Hall–Kier alpha value is -0.860. The van der Waals surface area contributed by atoms with E-state index in [2.05, 4.69) is 0 Å². The van der Waals surface area contributed by atoms with E-state index in [1.165, 1.54) is 21.3 Å². The molecule has 1 fully saturated rings. The Bertz CT molecular complexity index is 734. The van der Waals surface area contributed by atoms with Crippen LogP contribution in [0.1, 0.15) is 30.1 Å².